The maximum Gasteiger partial charge on any atom is 0.446 e. The fourth-order valence-corrected chi connectivity index (χ4v) is 3.66. The first-order valence-corrected chi connectivity index (χ1v) is 12.0. The van der Waals surface area contributed by atoms with E-state index in [0.717, 1.165) is 51.4 Å². The van der Waals surface area contributed by atoms with E-state index in [1.54, 1.807) is 12.1 Å². The van der Waals surface area contributed by atoms with Crippen LogP contribution in [0.5, 0.6) is 5.75 Å². The quantitative estimate of drug-likeness (QED) is 0.517. The Bertz CT molecular complexity index is 764. The molecule has 3 rings (SSSR count). The van der Waals surface area contributed by atoms with Crippen LogP contribution in [0.2, 0.25) is 0 Å². The Morgan fingerprint density at radius 2 is 1.83 bits per heavy atom. The average molecular weight is 440 g/mol. The topological polar surface area (TPSA) is 101 Å². The molecular weight excluding hydrogens is 406 g/mol. The van der Waals surface area contributed by atoms with Gasteiger partial charge in [0.05, 0.1) is 31.8 Å². The van der Waals surface area contributed by atoms with Crippen LogP contribution in [0.4, 0.5) is 0 Å². The molecule has 168 valence electrons. The van der Waals surface area contributed by atoms with Gasteiger partial charge >= 0.3 is 10.4 Å². The molecule has 1 aliphatic carbocycles. The summed E-state index contributed by atoms with van der Waals surface area (Å²) in [6.07, 6.45) is 7.34. The zero-order valence-corrected chi connectivity index (χ0v) is 18.5. The molecule has 2 fully saturated rings. The molecule has 0 radical (unpaired) electrons. The van der Waals surface area contributed by atoms with Gasteiger partial charge in [-0.1, -0.05) is 38.3 Å². The second kappa shape index (κ2) is 13.5. The van der Waals surface area contributed by atoms with E-state index in [4.69, 9.17) is 9.29 Å². The molecule has 8 nitrogen and oxygen atoms in total. The Hall–Kier alpha value is -1.77. The summed E-state index contributed by atoms with van der Waals surface area (Å²) in [5, 5.41) is 0. The van der Waals surface area contributed by atoms with Gasteiger partial charge in [0.2, 0.25) is 0 Å². The maximum absolute atomic E-state index is 10.3. The zero-order chi connectivity index (χ0) is 21.7. The normalized spacial score (nSPS) is 17.9. The van der Waals surface area contributed by atoms with Crippen molar-refractivity contribution in [2.75, 3.05) is 39.4 Å². The third kappa shape index (κ3) is 10.8. The third-order valence-electron chi connectivity index (χ3n) is 5.05. The molecule has 1 aliphatic heterocycles. The second-order valence-electron chi connectivity index (χ2n) is 7.37. The number of aliphatic imine (C=N–C) groups is 2. The largest absolute Gasteiger partial charge is 0.446 e. The molecule has 0 spiro atoms. The van der Waals surface area contributed by atoms with E-state index in [9.17, 15) is 8.42 Å². The van der Waals surface area contributed by atoms with Crippen molar-refractivity contribution in [2.24, 2.45) is 9.98 Å². The van der Waals surface area contributed by atoms with Crippen LogP contribution in [0.3, 0.4) is 0 Å². The molecule has 2 aliphatic rings. The molecule has 0 amide bonds. The number of nitrogens with zero attached hydrogens (tertiary/aromatic N) is 3. The van der Waals surface area contributed by atoms with Crippen molar-refractivity contribution in [1.82, 2.24) is 4.90 Å². The Kier molecular flexibility index (Phi) is 11.0. The predicted octanol–water partition coefficient (Wildman–Crippen LogP) is 3.26. The molecule has 0 bridgehead atoms. The van der Waals surface area contributed by atoms with E-state index in [-0.39, 0.29) is 5.75 Å². The van der Waals surface area contributed by atoms with Gasteiger partial charge in [0.15, 0.2) is 0 Å². The molecule has 0 unspecified atom stereocenters. The summed E-state index contributed by atoms with van der Waals surface area (Å²) < 4.78 is 38.5. The predicted molar refractivity (Wildman–Crippen MR) is 117 cm³/mol. The molecule has 9 heteroatoms. The summed E-state index contributed by atoms with van der Waals surface area (Å²) in [5.41, 5.74) is 1.07. The SMILES string of the molecule is C(=NCCN1CCOCC1)=NC1CCCCC1.CCc1ccc(OS(=O)(=O)O)cc1. The molecule has 1 heterocycles. The Morgan fingerprint density at radius 3 is 2.43 bits per heavy atom. The summed E-state index contributed by atoms with van der Waals surface area (Å²) in [7, 11) is -4.40. The fourth-order valence-electron chi connectivity index (χ4n) is 3.30. The van der Waals surface area contributed by atoms with Gasteiger partial charge in [-0.3, -0.25) is 9.45 Å². The van der Waals surface area contributed by atoms with Gasteiger partial charge in [0.25, 0.3) is 0 Å². The molecule has 1 N–H and O–H groups in total. The molecule has 0 atom stereocenters. The molecule has 1 saturated carbocycles. The second-order valence-corrected chi connectivity index (χ2v) is 8.39. The van der Waals surface area contributed by atoms with E-state index < -0.39 is 10.4 Å². The Balaban J connectivity index is 0.000000222. The van der Waals surface area contributed by atoms with Crippen LogP contribution >= 0.6 is 0 Å². The van der Waals surface area contributed by atoms with Crippen LogP contribution in [-0.2, 0) is 21.6 Å². The monoisotopic (exact) mass is 439 g/mol. The van der Waals surface area contributed by atoms with Gasteiger partial charge in [-0.05, 0) is 37.0 Å². The average Bonchev–Trinajstić information content (AvgIpc) is 2.75. The van der Waals surface area contributed by atoms with Crippen LogP contribution in [0.25, 0.3) is 0 Å². The highest BCUT2D eigenvalue weighted by Crippen LogP contribution is 2.19. The van der Waals surface area contributed by atoms with Crippen LogP contribution in [0, 0.1) is 0 Å². The number of benzene rings is 1. The number of ether oxygens (including phenoxy) is 1. The number of morpholine rings is 1. The van der Waals surface area contributed by atoms with Gasteiger partial charge in [0, 0.05) is 19.6 Å². The Morgan fingerprint density at radius 1 is 1.17 bits per heavy atom. The molecular formula is C21H33N3O5S. The van der Waals surface area contributed by atoms with E-state index >= 15 is 0 Å². The highest BCUT2D eigenvalue weighted by molar-refractivity contribution is 7.81. The molecule has 1 aromatic carbocycles. The van der Waals surface area contributed by atoms with Crippen molar-refractivity contribution in [1.29, 1.82) is 0 Å². The van der Waals surface area contributed by atoms with Gasteiger partial charge in [-0.15, -0.1) is 0 Å². The zero-order valence-electron chi connectivity index (χ0n) is 17.7. The first-order valence-electron chi connectivity index (χ1n) is 10.6. The lowest BCUT2D eigenvalue weighted by Crippen LogP contribution is -2.37. The van der Waals surface area contributed by atoms with Crippen molar-refractivity contribution in [3.05, 3.63) is 29.8 Å². The summed E-state index contributed by atoms with van der Waals surface area (Å²) in [6.45, 7) is 7.61. The maximum atomic E-state index is 10.3. The van der Waals surface area contributed by atoms with Gasteiger partial charge in [-0.25, -0.2) is 9.98 Å². The summed E-state index contributed by atoms with van der Waals surface area (Å²) in [4.78, 5) is 11.1. The first-order chi connectivity index (χ1) is 14.5. The lowest BCUT2D eigenvalue weighted by atomic mass is 9.96. The summed E-state index contributed by atoms with van der Waals surface area (Å²) >= 11 is 0. The highest BCUT2D eigenvalue weighted by Gasteiger charge is 2.11. The smallest absolute Gasteiger partial charge is 0.379 e. The number of rotatable bonds is 7. The van der Waals surface area contributed by atoms with E-state index in [1.165, 1.54) is 44.2 Å². The number of hydrogen-bond acceptors (Lipinski definition) is 7. The minimum atomic E-state index is -4.40. The first kappa shape index (κ1) is 24.5. The van der Waals surface area contributed by atoms with Crippen LogP contribution in [-0.4, -0.2) is 69.3 Å². The minimum Gasteiger partial charge on any atom is -0.379 e. The minimum absolute atomic E-state index is 0.111. The van der Waals surface area contributed by atoms with E-state index in [0.29, 0.717) is 6.04 Å². The van der Waals surface area contributed by atoms with Crippen molar-refractivity contribution >= 4 is 16.4 Å². The Labute approximate surface area is 180 Å². The lowest BCUT2D eigenvalue weighted by Gasteiger charge is -2.25. The number of aryl methyl sites for hydroxylation is 1. The van der Waals surface area contributed by atoms with Gasteiger partial charge in [-0.2, -0.15) is 8.42 Å². The van der Waals surface area contributed by atoms with Crippen molar-refractivity contribution in [3.8, 4) is 5.75 Å². The van der Waals surface area contributed by atoms with E-state index in [2.05, 4.69) is 25.1 Å². The van der Waals surface area contributed by atoms with Crippen molar-refractivity contribution in [2.45, 2.75) is 51.5 Å². The van der Waals surface area contributed by atoms with E-state index in [1.807, 2.05) is 6.92 Å². The van der Waals surface area contributed by atoms with Crippen LogP contribution in [0.1, 0.15) is 44.6 Å². The van der Waals surface area contributed by atoms with Crippen molar-refractivity contribution in [3.63, 3.8) is 0 Å². The fraction of sp³-hybridized carbons (Fsp3) is 0.667. The molecule has 30 heavy (non-hydrogen) atoms. The lowest BCUT2D eigenvalue weighted by molar-refractivity contribution is 0.0395. The van der Waals surface area contributed by atoms with Crippen molar-refractivity contribution < 1.29 is 21.9 Å². The van der Waals surface area contributed by atoms with Gasteiger partial charge < -0.3 is 8.92 Å². The molecule has 0 aromatic heterocycles. The van der Waals surface area contributed by atoms with Crippen LogP contribution < -0.4 is 4.18 Å². The molecule has 1 saturated heterocycles. The number of hydrogen-bond donors (Lipinski definition) is 1. The van der Waals surface area contributed by atoms with Crippen LogP contribution in [0.15, 0.2) is 34.3 Å². The summed E-state index contributed by atoms with van der Waals surface area (Å²) in [6, 6.07) is 9.84. The summed E-state index contributed by atoms with van der Waals surface area (Å²) in [5.74, 6) is 0.111. The molecule has 1 aromatic rings. The third-order valence-corrected chi connectivity index (χ3v) is 5.45. The highest BCUT2D eigenvalue weighted by atomic mass is 32.3. The standard InChI is InChI=1S/C13H23N3O.C8H10O4S/c1-2-4-13(5-3-1)15-12-14-6-7-16-8-10-17-11-9-16;1-2-7-3-5-8(6-4-7)12-13(9,10)11/h13H,1-11H2;3-6H,2H2,1H3,(H,9,10,11). The van der Waals surface area contributed by atoms with Gasteiger partial charge in [0.1, 0.15) is 5.75 Å².